The summed E-state index contributed by atoms with van der Waals surface area (Å²) in [5, 5.41) is 25.7. The van der Waals surface area contributed by atoms with Gasteiger partial charge in [0.25, 0.3) is 0 Å². The third-order valence-electron chi connectivity index (χ3n) is 4.32. The van der Waals surface area contributed by atoms with E-state index in [0.29, 0.717) is 6.54 Å². The van der Waals surface area contributed by atoms with Gasteiger partial charge < -0.3 is 10.2 Å². The molecular formula is C23H23FeN3O3+2. The molecule has 30 heavy (non-hydrogen) atoms. The van der Waals surface area contributed by atoms with Crippen LogP contribution in [0.1, 0.15) is 11.3 Å². The number of carboxylic acids is 1. The molecule has 0 amide bonds. The normalized spacial score (nSPS) is 17.1. The van der Waals surface area contributed by atoms with E-state index in [2.05, 4.69) is 10.4 Å². The summed E-state index contributed by atoms with van der Waals surface area (Å²) in [5.74, 6) is -0.111. The van der Waals surface area contributed by atoms with Crippen molar-refractivity contribution >= 4 is 5.97 Å². The van der Waals surface area contributed by atoms with Gasteiger partial charge in [-0.3, -0.25) is 10.1 Å². The predicted molar refractivity (Wildman–Crippen MR) is 110 cm³/mol. The maximum absolute atomic E-state index is 11.0. The molecule has 4 rings (SSSR count). The van der Waals surface area contributed by atoms with E-state index in [9.17, 15) is 4.79 Å². The number of aliphatic hydroxyl groups is 1. The van der Waals surface area contributed by atoms with E-state index in [4.69, 9.17) is 10.2 Å². The number of rotatable bonds is 7. The molecule has 2 aromatic rings. The number of hydrogen-bond acceptors (Lipinski definition) is 4. The Balaban J connectivity index is 0.000000468. The van der Waals surface area contributed by atoms with E-state index in [-0.39, 0.29) is 17.1 Å². The molecule has 2 aliphatic carbocycles. The fourth-order valence-corrected chi connectivity index (χ4v) is 2.81. The molecule has 2 aliphatic rings. The second kappa shape index (κ2) is 12.9. The molecule has 0 unspecified atom stereocenters. The number of nitrogens with one attached hydrogen (secondary N) is 1. The fraction of sp³-hybridized carbons (Fsp3) is 0.130. The minimum atomic E-state index is -1.08. The van der Waals surface area contributed by atoms with Crippen LogP contribution in [0.4, 0.5) is 0 Å². The van der Waals surface area contributed by atoms with Crippen LogP contribution in [0.15, 0.2) is 36.5 Å². The number of aliphatic carboxylic acids is 1. The van der Waals surface area contributed by atoms with Crippen molar-refractivity contribution in [2.75, 3.05) is 6.61 Å². The van der Waals surface area contributed by atoms with Gasteiger partial charge >= 0.3 is 23.0 Å². The Labute approximate surface area is 189 Å². The van der Waals surface area contributed by atoms with Crippen LogP contribution in [-0.4, -0.2) is 38.6 Å². The standard InChI is InChI=1S/C18H18N3O3.C5H5.Fe/c22-12-16(18(23)24)19-10-14-11-21(15-8-2-1-3-9-15)20-17(14)13-6-4-5-7-13;1-2-4-5-3-1;/h1-9,11,16,19,22H,10,12H2,(H,23,24);1-5H;/q;;+2/t16-;;/m0../s1. The minimum absolute atomic E-state index is 0. The summed E-state index contributed by atoms with van der Waals surface area (Å²) in [4.78, 5) is 11.0. The molecule has 1 heterocycles. The first kappa shape index (κ1) is 24.6. The average molecular weight is 445 g/mol. The molecule has 6 nitrogen and oxygen atoms in total. The molecular weight excluding hydrogens is 422 g/mol. The second-order valence-electron chi connectivity index (χ2n) is 6.37. The molecule has 7 heteroatoms. The predicted octanol–water partition coefficient (Wildman–Crippen LogP) is 2.18. The van der Waals surface area contributed by atoms with E-state index >= 15 is 0 Å². The zero-order valence-electron chi connectivity index (χ0n) is 16.2. The van der Waals surface area contributed by atoms with E-state index in [0.717, 1.165) is 22.9 Å². The van der Waals surface area contributed by atoms with Crippen molar-refractivity contribution in [1.29, 1.82) is 0 Å². The zero-order chi connectivity index (χ0) is 20.5. The Morgan fingerprint density at radius 3 is 2.13 bits per heavy atom. The van der Waals surface area contributed by atoms with E-state index in [1.807, 2.05) is 94.3 Å². The Bertz CT molecular complexity index is 749. The SMILES string of the molecule is O=C(O)[C@H](CO)NCc1cn(-c2ccccc2)nc1[C]1[CH][CH][CH][CH]1.[CH]1[CH][CH][CH][CH]1.[Fe+2]. The molecule has 154 valence electrons. The van der Waals surface area contributed by atoms with Crippen LogP contribution in [0.5, 0.6) is 0 Å². The van der Waals surface area contributed by atoms with Crippen molar-refractivity contribution in [3.63, 3.8) is 0 Å². The number of para-hydroxylation sites is 1. The molecule has 0 saturated heterocycles. The topological polar surface area (TPSA) is 87.4 Å². The summed E-state index contributed by atoms with van der Waals surface area (Å²) in [6.07, 6.45) is 19.7. The average Bonchev–Trinajstić information content (AvgIpc) is 3.51. The molecule has 1 atom stereocenters. The second-order valence-corrected chi connectivity index (χ2v) is 6.37. The third-order valence-corrected chi connectivity index (χ3v) is 4.32. The van der Waals surface area contributed by atoms with Gasteiger partial charge in [0.2, 0.25) is 0 Å². The first-order chi connectivity index (χ1) is 14.2. The smallest absolute Gasteiger partial charge is 0.480 e. The molecule has 1 aromatic heterocycles. The van der Waals surface area contributed by atoms with Crippen molar-refractivity contribution in [2.24, 2.45) is 0 Å². The van der Waals surface area contributed by atoms with Gasteiger partial charge in [0.05, 0.1) is 18.0 Å². The summed E-state index contributed by atoms with van der Waals surface area (Å²) in [6, 6.07) is 8.70. The summed E-state index contributed by atoms with van der Waals surface area (Å²) < 4.78 is 1.77. The Kier molecular flexibility index (Phi) is 10.6. The van der Waals surface area contributed by atoms with Gasteiger partial charge in [0.15, 0.2) is 0 Å². The minimum Gasteiger partial charge on any atom is -0.480 e. The van der Waals surface area contributed by atoms with Gasteiger partial charge in [0.1, 0.15) is 6.04 Å². The van der Waals surface area contributed by atoms with Gasteiger partial charge in [-0.25, -0.2) is 4.68 Å². The van der Waals surface area contributed by atoms with Crippen molar-refractivity contribution in [1.82, 2.24) is 15.1 Å². The monoisotopic (exact) mass is 445 g/mol. The van der Waals surface area contributed by atoms with Gasteiger partial charge in [0, 0.05) is 24.2 Å². The molecule has 0 bridgehead atoms. The van der Waals surface area contributed by atoms with E-state index < -0.39 is 18.6 Å². The number of benzene rings is 1. The van der Waals surface area contributed by atoms with E-state index in [1.165, 1.54) is 0 Å². The first-order valence-corrected chi connectivity index (χ1v) is 9.29. The number of aromatic nitrogens is 2. The fourth-order valence-electron chi connectivity index (χ4n) is 2.81. The number of nitrogens with zero attached hydrogens (tertiary/aromatic N) is 2. The van der Waals surface area contributed by atoms with Crippen LogP contribution in [0.2, 0.25) is 0 Å². The Morgan fingerprint density at radius 1 is 1.00 bits per heavy atom. The number of hydrogen-bond donors (Lipinski definition) is 3. The molecule has 2 saturated carbocycles. The van der Waals surface area contributed by atoms with Crippen LogP contribution in [0, 0.1) is 63.7 Å². The zero-order valence-corrected chi connectivity index (χ0v) is 17.3. The van der Waals surface area contributed by atoms with Gasteiger partial charge in [-0.15, -0.1) is 0 Å². The number of carbonyl (C=O) groups is 1. The Morgan fingerprint density at radius 2 is 1.60 bits per heavy atom. The quantitative estimate of drug-likeness (QED) is 0.569. The van der Waals surface area contributed by atoms with E-state index in [1.54, 1.807) is 4.68 Å². The van der Waals surface area contributed by atoms with Gasteiger partial charge in [-0.2, -0.15) is 5.10 Å². The van der Waals surface area contributed by atoms with Gasteiger partial charge in [-0.1, -0.05) is 18.2 Å². The van der Waals surface area contributed by atoms with Crippen molar-refractivity contribution in [2.45, 2.75) is 12.6 Å². The number of carboxylic acid groups (broad SMARTS) is 1. The molecule has 1 aromatic carbocycles. The van der Waals surface area contributed by atoms with Crippen molar-refractivity contribution < 1.29 is 32.1 Å². The van der Waals surface area contributed by atoms with Crippen LogP contribution in [0.3, 0.4) is 0 Å². The number of aliphatic hydroxyl groups excluding tert-OH is 1. The largest absolute Gasteiger partial charge is 2.00 e. The van der Waals surface area contributed by atoms with Crippen molar-refractivity contribution in [3.05, 3.63) is 111 Å². The Hall–Kier alpha value is -1.66. The maximum atomic E-state index is 11.0. The maximum Gasteiger partial charge on any atom is 2.00 e. The first-order valence-electron chi connectivity index (χ1n) is 9.29. The third kappa shape index (κ3) is 6.95. The molecule has 3 N–H and O–H groups in total. The summed E-state index contributed by atoms with van der Waals surface area (Å²) >= 11 is 0. The van der Waals surface area contributed by atoms with Crippen molar-refractivity contribution in [3.8, 4) is 5.69 Å². The van der Waals surface area contributed by atoms with Crippen LogP contribution >= 0.6 is 0 Å². The van der Waals surface area contributed by atoms with Crippen LogP contribution in [-0.2, 0) is 28.4 Å². The summed E-state index contributed by atoms with van der Waals surface area (Å²) in [5.41, 5.74) is 2.58. The molecule has 2 fully saturated rings. The van der Waals surface area contributed by atoms with Crippen LogP contribution < -0.4 is 5.32 Å². The summed E-state index contributed by atoms with van der Waals surface area (Å²) in [6.45, 7) is -0.168. The van der Waals surface area contributed by atoms with Gasteiger partial charge in [-0.05, 0) is 69.9 Å². The summed E-state index contributed by atoms with van der Waals surface area (Å²) in [7, 11) is 0. The van der Waals surface area contributed by atoms with Crippen LogP contribution in [0.25, 0.3) is 5.69 Å². The molecule has 0 spiro atoms. The molecule has 10 radical (unpaired) electrons. The molecule has 0 aliphatic heterocycles.